The van der Waals surface area contributed by atoms with E-state index < -0.39 is 0 Å². The van der Waals surface area contributed by atoms with E-state index in [-0.39, 0.29) is 0 Å². The van der Waals surface area contributed by atoms with Crippen LogP contribution >= 0.6 is 0 Å². The summed E-state index contributed by atoms with van der Waals surface area (Å²) < 4.78 is 5.28. The highest BCUT2D eigenvalue weighted by Crippen LogP contribution is 2.41. The van der Waals surface area contributed by atoms with Crippen molar-refractivity contribution in [1.29, 1.82) is 0 Å². The molecule has 2 saturated carbocycles. The van der Waals surface area contributed by atoms with Crippen molar-refractivity contribution < 1.29 is 4.52 Å². The molecule has 1 aromatic heterocycles. The molecule has 2 fully saturated rings. The monoisotopic (exact) mass is 207 g/mol. The molecule has 82 valence electrons. The van der Waals surface area contributed by atoms with Gasteiger partial charge in [-0.05, 0) is 31.6 Å². The Morgan fingerprint density at radius 3 is 2.87 bits per heavy atom. The third-order valence-corrected chi connectivity index (χ3v) is 3.33. The quantitative estimate of drug-likeness (QED) is 0.800. The topological polar surface area (TPSA) is 51.0 Å². The highest BCUT2D eigenvalue weighted by molar-refractivity contribution is 4.99. The molecule has 0 amide bonds. The molecule has 3 rings (SSSR count). The molecule has 0 bridgehead atoms. The van der Waals surface area contributed by atoms with Crippen LogP contribution in [0, 0.1) is 5.92 Å². The highest BCUT2D eigenvalue weighted by atomic mass is 16.5. The molecule has 4 heteroatoms. The lowest BCUT2D eigenvalue weighted by Crippen LogP contribution is -2.16. The molecule has 1 aromatic rings. The Morgan fingerprint density at radius 1 is 1.40 bits per heavy atom. The first-order valence-electron chi connectivity index (χ1n) is 5.89. The number of hydrogen-bond acceptors (Lipinski definition) is 4. The van der Waals surface area contributed by atoms with Gasteiger partial charge in [-0.2, -0.15) is 4.98 Å². The maximum absolute atomic E-state index is 5.28. The molecular formula is C11H17N3O. The largest absolute Gasteiger partial charge is 0.339 e. The molecule has 2 aliphatic rings. The molecule has 1 atom stereocenters. The van der Waals surface area contributed by atoms with Gasteiger partial charge in [-0.15, -0.1) is 0 Å². The third kappa shape index (κ3) is 2.20. The Hall–Kier alpha value is -0.900. The Kier molecular flexibility index (Phi) is 2.24. The molecule has 15 heavy (non-hydrogen) atoms. The minimum atomic E-state index is 0.451. The second-order valence-corrected chi connectivity index (χ2v) is 4.83. The van der Waals surface area contributed by atoms with Crippen LogP contribution in [0.5, 0.6) is 0 Å². The van der Waals surface area contributed by atoms with Crippen LogP contribution in [0.25, 0.3) is 0 Å². The zero-order valence-electron chi connectivity index (χ0n) is 9.07. The Labute approximate surface area is 89.4 Å². The molecule has 0 aliphatic heterocycles. The molecule has 0 aromatic carbocycles. The second-order valence-electron chi connectivity index (χ2n) is 4.83. The number of aromatic nitrogens is 2. The zero-order valence-corrected chi connectivity index (χ0v) is 9.07. The van der Waals surface area contributed by atoms with Crippen LogP contribution < -0.4 is 5.32 Å². The average molecular weight is 207 g/mol. The van der Waals surface area contributed by atoms with Crippen molar-refractivity contribution in [3.63, 3.8) is 0 Å². The van der Waals surface area contributed by atoms with Gasteiger partial charge >= 0.3 is 0 Å². The molecule has 1 heterocycles. The van der Waals surface area contributed by atoms with Crippen LogP contribution in [0.2, 0.25) is 0 Å². The molecule has 4 nitrogen and oxygen atoms in total. The SMILES string of the molecule is CC(c1nc(CNC2CC2)no1)C1CC1. The fourth-order valence-electron chi connectivity index (χ4n) is 1.85. The van der Waals surface area contributed by atoms with Crippen molar-refractivity contribution in [2.24, 2.45) is 5.92 Å². The highest BCUT2D eigenvalue weighted by Gasteiger charge is 2.32. The predicted octanol–water partition coefficient (Wildman–Crippen LogP) is 1.84. The van der Waals surface area contributed by atoms with Gasteiger partial charge in [-0.3, -0.25) is 0 Å². The van der Waals surface area contributed by atoms with Gasteiger partial charge in [-0.1, -0.05) is 12.1 Å². The Bertz CT molecular complexity index is 341. The van der Waals surface area contributed by atoms with Crippen molar-refractivity contribution in [3.8, 4) is 0 Å². The number of nitrogens with zero attached hydrogens (tertiary/aromatic N) is 2. The molecule has 0 radical (unpaired) electrons. The zero-order chi connectivity index (χ0) is 10.3. The summed E-state index contributed by atoms with van der Waals surface area (Å²) in [6.45, 7) is 2.94. The van der Waals surface area contributed by atoms with Crippen LogP contribution in [0.3, 0.4) is 0 Å². The smallest absolute Gasteiger partial charge is 0.229 e. The second kappa shape index (κ2) is 3.59. The third-order valence-electron chi connectivity index (χ3n) is 3.33. The van der Waals surface area contributed by atoms with E-state index in [9.17, 15) is 0 Å². The van der Waals surface area contributed by atoms with Gasteiger partial charge in [0.25, 0.3) is 0 Å². The summed E-state index contributed by atoms with van der Waals surface area (Å²) >= 11 is 0. The van der Waals surface area contributed by atoms with Gasteiger partial charge < -0.3 is 9.84 Å². The lowest BCUT2D eigenvalue weighted by atomic mass is 10.1. The van der Waals surface area contributed by atoms with Crippen molar-refractivity contribution in [3.05, 3.63) is 11.7 Å². The Balaban J connectivity index is 1.58. The van der Waals surface area contributed by atoms with E-state index >= 15 is 0 Å². The first kappa shape index (κ1) is 9.33. The van der Waals surface area contributed by atoms with Crippen LogP contribution in [-0.2, 0) is 6.54 Å². The molecule has 0 saturated heterocycles. The van der Waals surface area contributed by atoms with E-state index in [2.05, 4.69) is 22.4 Å². The van der Waals surface area contributed by atoms with Crippen molar-refractivity contribution >= 4 is 0 Å². The van der Waals surface area contributed by atoms with E-state index in [0.29, 0.717) is 12.0 Å². The van der Waals surface area contributed by atoms with Gasteiger partial charge in [0, 0.05) is 12.0 Å². The summed E-state index contributed by atoms with van der Waals surface area (Å²) in [5, 5.41) is 7.38. The van der Waals surface area contributed by atoms with Gasteiger partial charge in [0.15, 0.2) is 5.82 Å². The van der Waals surface area contributed by atoms with E-state index in [4.69, 9.17) is 4.52 Å². The number of rotatable bonds is 5. The number of hydrogen-bond donors (Lipinski definition) is 1. The summed E-state index contributed by atoms with van der Waals surface area (Å²) in [7, 11) is 0. The maximum Gasteiger partial charge on any atom is 0.229 e. The van der Waals surface area contributed by atoms with Gasteiger partial charge in [-0.25, -0.2) is 0 Å². The van der Waals surface area contributed by atoms with E-state index in [1.807, 2.05) is 0 Å². The molecule has 1 unspecified atom stereocenters. The summed E-state index contributed by atoms with van der Waals surface area (Å²) in [6.07, 6.45) is 5.23. The normalized spacial score (nSPS) is 23.0. The van der Waals surface area contributed by atoms with Gasteiger partial charge in [0.2, 0.25) is 5.89 Å². The maximum atomic E-state index is 5.28. The van der Waals surface area contributed by atoms with E-state index in [0.717, 1.165) is 24.2 Å². The Morgan fingerprint density at radius 2 is 2.20 bits per heavy atom. The lowest BCUT2D eigenvalue weighted by Gasteiger charge is -2.01. The minimum Gasteiger partial charge on any atom is -0.339 e. The minimum absolute atomic E-state index is 0.451. The molecule has 0 spiro atoms. The van der Waals surface area contributed by atoms with Crippen LogP contribution in [0.15, 0.2) is 4.52 Å². The fourth-order valence-corrected chi connectivity index (χ4v) is 1.85. The van der Waals surface area contributed by atoms with E-state index in [1.165, 1.54) is 25.7 Å². The van der Waals surface area contributed by atoms with E-state index in [1.54, 1.807) is 0 Å². The molecule has 1 N–H and O–H groups in total. The van der Waals surface area contributed by atoms with Crippen LogP contribution in [-0.4, -0.2) is 16.2 Å². The fraction of sp³-hybridized carbons (Fsp3) is 0.818. The first-order chi connectivity index (χ1) is 7.33. The molecule has 2 aliphatic carbocycles. The van der Waals surface area contributed by atoms with Crippen molar-refractivity contribution in [2.75, 3.05) is 0 Å². The summed E-state index contributed by atoms with van der Waals surface area (Å²) in [5.74, 6) is 2.87. The summed E-state index contributed by atoms with van der Waals surface area (Å²) in [6, 6.07) is 0.702. The van der Waals surface area contributed by atoms with Crippen LogP contribution in [0.4, 0.5) is 0 Å². The lowest BCUT2D eigenvalue weighted by molar-refractivity contribution is 0.344. The molecular weight excluding hydrogens is 190 g/mol. The average Bonchev–Trinajstić information content (AvgIpc) is 3.13. The number of nitrogens with one attached hydrogen (secondary N) is 1. The van der Waals surface area contributed by atoms with Gasteiger partial charge in [0.05, 0.1) is 6.54 Å². The first-order valence-corrected chi connectivity index (χ1v) is 5.89. The van der Waals surface area contributed by atoms with Crippen LogP contribution in [0.1, 0.15) is 50.2 Å². The summed E-state index contributed by atoms with van der Waals surface area (Å²) in [5.41, 5.74) is 0. The predicted molar refractivity (Wildman–Crippen MR) is 55.3 cm³/mol. The van der Waals surface area contributed by atoms with Crippen molar-refractivity contribution in [1.82, 2.24) is 15.5 Å². The van der Waals surface area contributed by atoms with Gasteiger partial charge in [0.1, 0.15) is 0 Å². The van der Waals surface area contributed by atoms with Crippen molar-refractivity contribution in [2.45, 2.75) is 51.1 Å². The summed E-state index contributed by atoms with van der Waals surface area (Å²) in [4.78, 5) is 4.43. The standard InChI is InChI=1S/C11H17N3O/c1-7(8-2-3-8)11-13-10(14-15-11)6-12-9-4-5-9/h7-9,12H,2-6H2,1H3.